The number of hydrogen-bond acceptors (Lipinski definition) is 20. The molecule has 0 saturated carbocycles. The van der Waals surface area contributed by atoms with Gasteiger partial charge in [-0.25, -0.2) is 25.3 Å². The Labute approximate surface area is 397 Å². The fraction of sp³-hybridized carbons (Fsp3) is 0. The van der Waals surface area contributed by atoms with Crippen LogP contribution >= 0.6 is 0 Å². The van der Waals surface area contributed by atoms with Gasteiger partial charge < -0.3 is 18.8 Å². The molecule has 0 spiro atoms. The summed E-state index contributed by atoms with van der Waals surface area (Å²) in [5.41, 5.74) is 0.916. The first-order valence-electron chi connectivity index (χ1n) is 15.1. The number of phenolic OH excluding ortho intramolecular Hbond substituents is 1. The zero-order chi connectivity index (χ0) is 40.7. The van der Waals surface area contributed by atoms with Crippen molar-refractivity contribution in [1.82, 2.24) is 0 Å². The van der Waals surface area contributed by atoms with Gasteiger partial charge in [0.2, 0.25) is 10.9 Å². The second-order valence-corrected chi connectivity index (χ2v) is 15.5. The van der Waals surface area contributed by atoms with Crippen molar-refractivity contribution < 1.29 is 138 Å². The predicted octanol–water partition coefficient (Wildman–Crippen LogP) is -6.80. The van der Waals surface area contributed by atoms with E-state index in [-0.39, 0.29) is 117 Å². The van der Waals surface area contributed by atoms with Gasteiger partial charge in [-0.3, -0.25) is 30.6 Å². The smallest absolute Gasteiger partial charge is 0.744 e. The number of non-ortho nitro benzene ring substituents is 1. The van der Waals surface area contributed by atoms with Crippen molar-refractivity contribution in [3.05, 3.63) is 132 Å². The molecule has 6 aromatic rings. The van der Waals surface area contributed by atoms with Crippen LogP contribution in [0.25, 0.3) is 21.5 Å². The fourth-order valence-electron chi connectivity index (χ4n) is 5.25. The molecule has 6 aromatic carbocycles. The first-order valence-corrected chi connectivity index (χ1v) is 19.3. The molecular weight excluding hydrogens is 872 g/mol. The second-order valence-electron chi connectivity index (χ2n) is 11.4. The van der Waals surface area contributed by atoms with Crippen LogP contribution in [0.4, 0.5) is 28.4 Å². The molecule has 0 bridgehead atoms. The molecule has 0 amide bonds. The molecule has 0 heterocycles. The largest absolute Gasteiger partial charge is 1.00 e. The molecule has 0 saturated heterocycles. The third-order valence-corrected chi connectivity index (χ3v) is 10.3. The Balaban J connectivity index is 0.00000310. The van der Waals surface area contributed by atoms with Crippen LogP contribution in [0.2, 0.25) is 0 Å². The van der Waals surface area contributed by atoms with Crippen molar-refractivity contribution >= 4 is 80.3 Å². The second kappa shape index (κ2) is 19.3. The molecule has 3 N–H and O–H groups in total. The summed E-state index contributed by atoms with van der Waals surface area (Å²) in [6.07, 6.45) is 0. The van der Waals surface area contributed by atoms with Gasteiger partial charge in [-0.15, -0.1) is 10.2 Å². The van der Waals surface area contributed by atoms with Crippen molar-refractivity contribution in [2.45, 2.75) is 14.7 Å². The molecule has 0 aliphatic rings. The summed E-state index contributed by atoms with van der Waals surface area (Å²) in [6.45, 7) is 0. The van der Waals surface area contributed by atoms with Crippen LogP contribution in [0.1, 0.15) is 0 Å². The number of hydrogen-bond donors (Lipinski definition) is 3. The minimum absolute atomic E-state index is 0. The molecule has 27 heteroatoms. The molecule has 0 fully saturated rings. The minimum Gasteiger partial charge on any atom is -0.744 e. The first kappa shape index (κ1) is 49.5. The quantitative estimate of drug-likeness (QED) is 0.0378. The van der Waals surface area contributed by atoms with Gasteiger partial charge in [-0.1, -0.05) is 24.3 Å². The maximum absolute atomic E-state index is 13.7. The number of aromatic hydroxyl groups is 1. The molecule has 286 valence electrons. The van der Waals surface area contributed by atoms with E-state index in [1.54, 1.807) is 0 Å². The van der Waals surface area contributed by atoms with Gasteiger partial charge in [0.1, 0.15) is 47.1 Å². The molecule has 0 aliphatic carbocycles. The van der Waals surface area contributed by atoms with Crippen LogP contribution in [-0.2, 0) is 30.4 Å². The molecule has 21 nitrogen and oxygen atoms in total. The van der Waals surface area contributed by atoms with Crippen molar-refractivity contribution in [2.75, 3.05) is 10.9 Å². The summed E-state index contributed by atoms with van der Waals surface area (Å²) in [6, 6.07) is 16.0. The Kier molecular flexibility index (Phi) is 16.2. The molecule has 0 radical (unpaired) electrons. The molecule has 0 unspecified atom stereocenters. The van der Waals surface area contributed by atoms with Gasteiger partial charge in [-0.2, -0.15) is 10.2 Å². The number of fused-ring (bicyclic) bond motifs is 2. The van der Waals surface area contributed by atoms with E-state index in [0.29, 0.717) is 24.3 Å². The van der Waals surface area contributed by atoms with E-state index in [1.807, 2.05) is 0 Å². The average Bonchev–Trinajstić information content (AvgIpc) is 3.12. The summed E-state index contributed by atoms with van der Waals surface area (Å²) in [5, 5.41) is 35.0. The van der Waals surface area contributed by atoms with Crippen LogP contribution in [0.3, 0.4) is 0 Å². The first-order chi connectivity index (χ1) is 26.2. The van der Waals surface area contributed by atoms with E-state index in [0.717, 1.165) is 30.3 Å². The van der Waals surface area contributed by atoms with Crippen LogP contribution in [-0.4, -0.2) is 48.9 Å². The summed E-state index contributed by atoms with van der Waals surface area (Å²) < 4.78 is 106. The van der Waals surface area contributed by atoms with Crippen molar-refractivity contribution in [3.63, 3.8) is 0 Å². The number of azo groups is 1. The SMILES string of the molecule is O=c1c(N=Nc2ccc(S(=O)(=O)[O-])c3ccccc23)c/c(=N/Nc2ccc([N+](=O)[O-])cc2)c(=O)/c1=N/Nc1cc(S(=O)(=O)[O-])cc2cc(S(=O)(=O)[O-])cc(O)c12.[Na+].[Na+].[Na+]. The number of nitro groups is 1. The maximum Gasteiger partial charge on any atom is 1.00 e. The normalized spacial score (nSPS) is 12.5. The average molecular weight is 890 g/mol. The van der Waals surface area contributed by atoms with Crippen LogP contribution in [0.15, 0.2) is 136 Å². The number of nitro benzene ring substituents is 1. The molecule has 0 atom stereocenters. The van der Waals surface area contributed by atoms with Crippen LogP contribution in [0, 0.1) is 10.1 Å². The van der Waals surface area contributed by atoms with E-state index >= 15 is 0 Å². The maximum atomic E-state index is 13.7. The Morgan fingerprint density at radius 2 is 1.20 bits per heavy atom. The summed E-state index contributed by atoms with van der Waals surface area (Å²) in [4.78, 5) is 35.1. The fourth-order valence-corrected chi connectivity index (χ4v) is 6.99. The zero-order valence-corrected chi connectivity index (χ0v) is 38.8. The van der Waals surface area contributed by atoms with Gasteiger partial charge in [0.25, 0.3) is 5.69 Å². The van der Waals surface area contributed by atoms with E-state index in [9.17, 15) is 63.7 Å². The number of benzene rings is 6. The van der Waals surface area contributed by atoms with Gasteiger partial charge >= 0.3 is 88.7 Å². The number of anilines is 2. The number of rotatable bonds is 10. The molecule has 59 heavy (non-hydrogen) atoms. The summed E-state index contributed by atoms with van der Waals surface area (Å²) in [5.74, 6) is -0.914. The summed E-state index contributed by atoms with van der Waals surface area (Å²) in [7, 11) is -15.4. The molecule has 0 aromatic heterocycles. The van der Waals surface area contributed by atoms with Crippen molar-refractivity contribution in [1.29, 1.82) is 0 Å². The zero-order valence-electron chi connectivity index (χ0n) is 30.4. The van der Waals surface area contributed by atoms with Crippen LogP contribution in [0.5, 0.6) is 5.75 Å². The van der Waals surface area contributed by atoms with Crippen molar-refractivity contribution in [2.24, 2.45) is 20.4 Å². The van der Waals surface area contributed by atoms with Gasteiger partial charge in [-0.05, 0) is 53.9 Å². The van der Waals surface area contributed by atoms with E-state index in [4.69, 9.17) is 0 Å². The minimum atomic E-state index is -5.30. The monoisotopic (exact) mass is 889 g/mol. The number of phenols is 1. The van der Waals surface area contributed by atoms with Gasteiger partial charge in [0.05, 0.1) is 36.7 Å². The van der Waals surface area contributed by atoms with Crippen LogP contribution < -0.4 is 121 Å². The van der Waals surface area contributed by atoms with Gasteiger partial charge in [0.15, 0.2) is 5.36 Å². The van der Waals surface area contributed by atoms with Crippen molar-refractivity contribution in [3.8, 4) is 5.75 Å². The third-order valence-electron chi connectivity index (χ3n) is 7.79. The Hall–Kier alpha value is -3.83. The Bertz CT molecular complexity index is 3270. The molecular formula is C32H18N7Na3O14S3. The Morgan fingerprint density at radius 3 is 1.78 bits per heavy atom. The number of nitrogens with zero attached hydrogens (tertiary/aromatic N) is 5. The number of nitrogens with one attached hydrogen (secondary N) is 2. The van der Waals surface area contributed by atoms with E-state index < -0.39 is 99.4 Å². The van der Waals surface area contributed by atoms with E-state index in [2.05, 4.69) is 31.3 Å². The third kappa shape index (κ3) is 11.1. The molecule has 0 aliphatic heterocycles. The van der Waals surface area contributed by atoms with Gasteiger partial charge in [0, 0.05) is 34.4 Å². The molecule has 6 rings (SSSR count). The standard InChI is InChI=1S/C32H21N7O14S3.3Na/c40-27-14-20(55(48,49)50)12-16-11-19(54(45,46)47)13-24(29(16)27)35-38-30-31(41)25(36-33-17-5-7-18(8-6-17)39(43)44)15-26(32(30)42)37-34-23-9-10-28(56(51,52)53)22-4-2-1-3-21(22)23;;;/h1-15,33,35,40H,(H,45,46,47)(H,48,49,50)(H,51,52,53);;;/q;3*+1/p-3/b36-25-,37-34?,38-30-;;;. The Morgan fingerprint density at radius 1 is 0.627 bits per heavy atom. The topological polar surface area (TPSA) is 343 Å². The van der Waals surface area contributed by atoms with E-state index in [1.165, 1.54) is 36.4 Å². The summed E-state index contributed by atoms with van der Waals surface area (Å²) >= 11 is 0. The predicted molar refractivity (Wildman–Crippen MR) is 190 cm³/mol.